The fourth-order valence-electron chi connectivity index (χ4n) is 3.20. The van der Waals surface area contributed by atoms with Gasteiger partial charge in [-0.15, -0.1) is 0 Å². The van der Waals surface area contributed by atoms with Crippen LogP contribution >= 0.6 is 0 Å². The zero-order chi connectivity index (χ0) is 18.5. The molecule has 1 amide bonds. The van der Waals surface area contributed by atoms with Gasteiger partial charge in [0.2, 0.25) is 0 Å². The predicted molar refractivity (Wildman–Crippen MR) is 95.1 cm³/mol. The lowest BCUT2D eigenvalue weighted by Crippen LogP contribution is -2.30. The van der Waals surface area contributed by atoms with Crippen molar-refractivity contribution >= 4 is 12.1 Å². The summed E-state index contributed by atoms with van der Waals surface area (Å²) in [4.78, 5) is 25.5. The Morgan fingerprint density at radius 1 is 1.08 bits per heavy atom. The molecule has 2 atom stereocenters. The molecule has 1 fully saturated rings. The molecule has 0 saturated carbocycles. The Morgan fingerprint density at radius 2 is 1.77 bits per heavy atom. The maximum Gasteiger partial charge on any atom is 0.410 e. The Hall–Kier alpha value is -3.02. The minimum absolute atomic E-state index is 0.139. The van der Waals surface area contributed by atoms with Gasteiger partial charge in [-0.2, -0.15) is 0 Å². The number of carbonyl (C=O) groups excluding carboxylic acids is 1. The Labute approximate surface area is 152 Å². The average molecular weight is 355 g/mol. The first-order valence-electron chi connectivity index (χ1n) is 8.41. The third-order valence-electron chi connectivity index (χ3n) is 4.64. The molecule has 2 aromatic rings. The van der Waals surface area contributed by atoms with Gasteiger partial charge >= 0.3 is 12.1 Å². The normalized spacial score (nSPS) is 19.2. The summed E-state index contributed by atoms with van der Waals surface area (Å²) >= 11 is 0. The molecular formula is C20H21NO5. The second kappa shape index (κ2) is 7.91. The molecule has 3 rings (SSSR count). The van der Waals surface area contributed by atoms with Gasteiger partial charge in [0.1, 0.15) is 12.4 Å². The summed E-state index contributed by atoms with van der Waals surface area (Å²) in [5.41, 5.74) is 1.76. The van der Waals surface area contributed by atoms with Crippen molar-refractivity contribution in [2.75, 3.05) is 20.2 Å². The lowest BCUT2D eigenvalue weighted by molar-refractivity contribution is -0.141. The van der Waals surface area contributed by atoms with Crippen molar-refractivity contribution in [1.82, 2.24) is 4.90 Å². The molecule has 0 bridgehead atoms. The molecule has 6 nitrogen and oxygen atoms in total. The molecule has 0 aliphatic carbocycles. The molecule has 26 heavy (non-hydrogen) atoms. The van der Waals surface area contributed by atoms with E-state index in [0.29, 0.717) is 12.3 Å². The van der Waals surface area contributed by atoms with E-state index in [1.807, 2.05) is 42.5 Å². The fraction of sp³-hybridized carbons (Fsp3) is 0.300. The number of carboxylic acid groups (broad SMARTS) is 1. The van der Waals surface area contributed by atoms with Crippen LogP contribution in [0.15, 0.2) is 54.6 Å². The number of nitrogens with zero attached hydrogens (tertiary/aromatic N) is 1. The van der Waals surface area contributed by atoms with Crippen LogP contribution in [-0.4, -0.2) is 42.3 Å². The number of carboxylic acids is 1. The number of rotatable bonds is 5. The van der Waals surface area contributed by atoms with E-state index in [9.17, 15) is 14.7 Å². The number of likely N-dealkylation sites (tertiary alicyclic amines) is 1. The second-order valence-corrected chi connectivity index (χ2v) is 6.27. The number of aliphatic carboxylic acids is 1. The zero-order valence-corrected chi connectivity index (χ0v) is 14.5. The van der Waals surface area contributed by atoms with Crippen LogP contribution in [0.5, 0.6) is 5.75 Å². The number of benzene rings is 2. The number of ether oxygens (including phenoxy) is 2. The van der Waals surface area contributed by atoms with E-state index in [1.54, 1.807) is 19.2 Å². The van der Waals surface area contributed by atoms with E-state index < -0.39 is 18.0 Å². The fourth-order valence-corrected chi connectivity index (χ4v) is 3.20. The monoisotopic (exact) mass is 355 g/mol. The maximum atomic E-state index is 12.4. The van der Waals surface area contributed by atoms with E-state index in [0.717, 1.165) is 11.1 Å². The average Bonchev–Trinajstić information content (AvgIpc) is 3.13. The van der Waals surface area contributed by atoms with Crippen molar-refractivity contribution < 1.29 is 24.2 Å². The van der Waals surface area contributed by atoms with Gasteiger partial charge in [0.25, 0.3) is 0 Å². The van der Waals surface area contributed by atoms with Crippen LogP contribution in [0, 0.1) is 5.92 Å². The molecular weight excluding hydrogens is 334 g/mol. The molecule has 1 N–H and O–H groups in total. The first-order chi connectivity index (χ1) is 12.6. The first-order valence-corrected chi connectivity index (χ1v) is 8.41. The van der Waals surface area contributed by atoms with Crippen LogP contribution in [0.25, 0.3) is 0 Å². The number of hydrogen-bond donors (Lipinski definition) is 1. The lowest BCUT2D eigenvalue weighted by atomic mass is 9.89. The van der Waals surface area contributed by atoms with Gasteiger partial charge in [0, 0.05) is 19.0 Å². The van der Waals surface area contributed by atoms with Crippen molar-refractivity contribution in [3.8, 4) is 5.75 Å². The molecule has 1 aliphatic heterocycles. The largest absolute Gasteiger partial charge is 0.497 e. The van der Waals surface area contributed by atoms with E-state index in [2.05, 4.69) is 0 Å². The minimum Gasteiger partial charge on any atom is -0.497 e. The van der Waals surface area contributed by atoms with Crippen LogP contribution in [0.4, 0.5) is 4.79 Å². The summed E-state index contributed by atoms with van der Waals surface area (Å²) in [6.45, 7) is 0.623. The third-order valence-corrected chi connectivity index (χ3v) is 4.64. The Kier molecular flexibility index (Phi) is 5.41. The number of hydrogen-bond acceptors (Lipinski definition) is 4. The lowest BCUT2D eigenvalue weighted by Gasteiger charge is -2.16. The number of amides is 1. The van der Waals surface area contributed by atoms with Gasteiger partial charge in [0.15, 0.2) is 0 Å². The first kappa shape index (κ1) is 17.8. The van der Waals surface area contributed by atoms with Crippen molar-refractivity contribution in [1.29, 1.82) is 0 Å². The quantitative estimate of drug-likeness (QED) is 0.892. The minimum atomic E-state index is -0.913. The molecule has 0 aromatic heterocycles. The van der Waals surface area contributed by atoms with Crippen molar-refractivity contribution in [3.05, 3.63) is 65.7 Å². The van der Waals surface area contributed by atoms with Gasteiger partial charge in [-0.05, 0) is 23.3 Å². The highest BCUT2D eigenvalue weighted by molar-refractivity contribution is 5.75. The molecule has 2 aromatic carbocycles. The van der Waals surface area contributed by atoms with Crippen LogP contribution in [-0.2, 0) is 16.1 Å². The van der Waals surface area contributed by atoms with Gasteiger partial charge in [-0.25, -0.2) is 4.79 Å². The maximum absolute atomic E-state index is 12.4. The third kappa shape index (κ3) is 3.96. The van der Waals surface area contributed by atoms with Gasteiger partial charge in [-0.3, -0.25) is 4.79 Å². The Balaban J connectivity index is 1.67. The smallest absolute Gasteiger partial charge is 0.410 e. The van der Waals surface area contributed by atoms with Crippen LogP contribution < -0.4 is 4.74 Å². The molecule has 0 spiro atoms. The molecule has 1 aliphatic rings. The molecule has 1 saturated heterocycles. The highest BCUT2D eigenvalue weighted by Gasteiger charge is 2.41. The number of methoxy groups -OCH3 is 1. The molecule has 6 heteroatoms. The summed E-state index contributed by atoms with van der Waals surface area (Å²) in [7, 11) is 1.58. The van der Waals surface area contributed by atoms with Gasteiger partial charge in [0.05, 0.1) is 13.0 Å². The molecule has 136 valence electrons. The summed E-state index contributed by atoms with van der Waals surface area (Å²) in [5.74, 6) is -1.14. The van der Waals surface area contributed by atoms with Gasteiger partial charge < -0.3 is 19.5 Å². The van der Waals surface area contributed by atoms with E-state index in [1.165, 1.54) is 4.90 Å². The van der Waals surface area contributed by atoms with Gasteiger partial charge in [-0.1, -0.05) is 42.5 Å². The summed E-state index contributed by atoms with van der Waals surface area (Å²) < 4.78 is 10.5. The van der Waals surface area contributed by atoms with E-state index in [4.69, 9.17) is 9.47 Å². The SMILES string of the molecule is COc1ccc([C@H]2CN(C(=O)OCc3ccccc3)C[C@@H]2C(=O)O)cc1. The van der Waals surface area contributed by atoms with Crippen molar-refractivity contribution in [2.45, 2.75) is 12.5 Å². The summed E-state index contributed by atoms with van der Waals surface area (Å²) in [6.07, 6.45) is -0.490. The zero-order valence-electron chi connectivity index (χ0n) is 14.5. The molecule has 1 heterocycles. The standard InChI is InChI=1S/C20H21NO5/c1-25-16-9-7-15(8-10-16)17-11-21(12-18(17)19(22)23)20(24)26-13-14-5-3-2-4-6-14/h2-10,17-18H,11-13H2,1H3,(H,22,23)/t17-,18+/m1/s1. The van der Waals surface area contributed by atoms with E-state index >= 15 is 0 Å². The van der Waals surface area contributed by atoms with Crippen LogP contribution in [0.1, 0.15) is 17.0 Å². The topological polar surface area (TPSA) is 76.1 Å². The molecule has 0 unspecified atom stereocenters. The second-order valence-electron chi connectivity index (χ2n) is 6.27. The van der Waals surface area contributed by atoms with Crippen molar-refractivity contribution in [2.24, 2.45) is 5.92 Å². The molecule has 0 radical (unpaired) electrons. The number of carbonyl (C=O) groups is 2. The summed E-state index contributed by atoms with van der Waals surface area (Å²) in [5, 5.41) is 9.55. The summed E-state index contributed by atoms with van der Waals surface area (Å²) in [6, 6.07) is 16.7. The predicted octanol–water partition coefficient (Wildman–Crippen LogP) is 3.13. The van der Waals surface area contributed by atoms with Crippen molar-refractivity contribution in [3.63, 3.8) is 0 Å². The highest BCUT2D eigenvalue weighted by atomic mass is 16.6. The Bertz CT molecular complexity index is 760. The Morgan fingerprint density at radius 3 is 2.38 bits per heavy atom. The van der Waals surface area contributed by atoms with Crippen LogP contribution in [0.2, 0.25) is 0 Å². The van der Waals surface area contributed by atoms with Crippen LogP contribution in [0.3, 0.4) is 0 Å². The van der Waals surface area contributed by atoms with E-state index in [-0.39, 0.29) is 19.1 Å². The highest BCUT2D eigenvalue weighted by Crippen LogP contribution is 2.34.